The number of Topliss-reactive ketones (excluding diaryl/α,β-unsaturated/α-hetero) is 1. The average Bonchev–Trinajstić information content (AvgIpc) is 2.75. The van der Waals surface area contributed by atoms with Gasteiger partial charge in [0.1, 0.15) is 5.78 Å². The lowest BCUT2D eigenvalue weighted by Gasteiger charge is -2.32. The lowest BCUT2D eigenvalue weighted by atomic mass is 9.92. The third-order valence-corrected chi connectivity index (χ3v) is 4.12. The molecule has 2 aliphatic rings. The van der Waals surface area contributed by atoms with Crippen molar-refractivity contribution in [3.05, 3.63) is 0 Å². The molecule has 1 amide bonds. The maximum Gasteiger partial charge on any atom is 0.227 e. The highest BCUT2D eigenvalue weighted by Crippen LogP contribution is 2.22. The van der Waals surface area contributed by atoms with Crippen LogP contribution in [0.2, 0.25) is 0 Å². The van der Waals surface area contributed by atoms with Gasteiger partial charge in [0.05, 0.1) is 5.92 Å². The molecule has 0 bridgehead atoms. The molecule has 0 aliphatic carbocycles. The third-order valence-electron chi connectivity index (χ3n) is 4.12. The maximum absolute atomic E-state index is 12.2. The van der Waals surface area contributed by atoms with Crippen LogP contribution in [-0.2, 0) is 9.59 Å². The van der Waals surface area contributed by atoms with Gasteiger partial charge in [-0.1, -0.05) is 0 Å². The number of amides is 1. The van der Waals surface area contributed by atoms with Gasteiger partial charge in [-0.05, 0) is 39.8 Å². The summed E-state index contributed by atoms with van der Waals surface area (Å²) >= 11 is 0. The zero-order valence-corrected chi connectivity index (χ0v) is 10.8. The van der Waals surface area contributed by atoms with E-state index in [9.17, 15) is 9.59 Å². The number of piperidine rings is 1. The Kier molecular flexibility index (Phi) is 3.82. The highest BCUT2D eigenvalue weighted by atomic mass is 16.2. The Morgan fingerprint density at radius 3 is 2.06 bits per heavy atom. The summed E-state index contributed by atoms with van der Waals surface area (Å²) in [5.74, 6) is 0.952. The minimum atomic E-state index is 0.185. The smallest absolute Gasteiger partial charge is 0.227 e. The molecule has 0 N–H and O–H groups in total. The van der Waals surface area contributed by atoms with Crippen molar-refractivity contribution >= 4 is 11.7 Å². The van der Waals surface area contributed by atoms with Crippen LogP contribution >= 0.6 is 0 Å². The minimum Gasteiger partial charge on any atom is -0.342 e. The minimum absolute atomic E-state index is 0.185. The number of nitrogens with zero attached hydrogens (tertiary/aromatic N) is 2. The molecule has 0 radical (unpaired) electrons. The van der Waals surface area contributed by atoms with Crippen LogP contribution in [0.3, 0.4) is 0 Å². The Hall–Kier alpha value is -0.900. The van der Waals surface area contributed by atoms with E-state index in [1.807, 2.05) is 4.90 Å². The van der Waals surface area contributed by atoms with Gasteiger partial charge in [-0.2, -0.15) is 0 Å². The Morgan fingerprint density at radius 1 is 1.00 bits per heavy atom. The Labute approximate surface area is 103 Å². The zero-order chi connectivity index (χ0) is 12.4. The monoisotopic (exact) mass is 238 g/mol. The van der Waals surface area contributed by atoms with Gasteiger partial charge < -0.3 is 9.80 Å². The summed E-state index contributed by atoms with van der Waals surface area (Å²) in [6.45, 7) is 5.12. The summed E-state index contributed by atoms with van der Waals surface area (Å²) in [6.07, 6.45) is 2.69. The van der Waals surface area contributed by atoms with Gasteiger partial charge in [-0.25, -0.2) is 0 Å². The second kappa shape index (κ2) is 5.17. The number of rotatable bonds is 2. The largest absolute Gasteiger partial charge is 0.342 e. The molecular formula is C13H22N2O2. The highest BCUT2D eigenvalue weighted by molar-refractivity contribution is 5.81. The van der Waals surface area contributed by atoms with Crippen LogP contribution < -0.4 is 0 Å². The van der Waals surface area contributed by atoms with Gasteiger partial charge in [-0.3, -0.25) is 9.59 Å². The number of hydrogen-bond acceptors (Lipinski definition) is 3. The Bertz CT molecular complexity index is 309. The van der Waals surface area contributed by atoms with E-state index in [1.165, 1.54) is 0 Å². The number of carbonyl (C=O) groups excluding carboxylic acids is 2. The summed E-state index contributed by atoms with van der Waals surface area (Å²) in [6, 6.07) is 0. The predicted molar refractivity (Wildman–Crippen MR) is 65.6 cm³/mol. The highest BCUT2D eigenvalue weighted by Gasteiger charge is 2.32. The molecule has 96 valence electrons. The van der Waals surface area contributed by atoms with E-state index in [1.54, 1.807) is 6.92 Å². The molecule has 2 fully saturated rings. The van der Waals surface area contributed by atoms with Crippen LogP contribution in [0.5, 0.6) is 0 Å². The van der Waals surface area contributed by atoms with Crippen LogP contribution in [0.25, 0.3) is 0 Å². The lowest BCUT2D eigenvalue weighted by molar-refractivity contribution is -0.138. The molecular weight excluding hydrogens is 216 g/mol. The molecule has 2 saturated heterocycles. The van der Waals surface area contributed by atoms with Gasteiger partial charge in [0.25, 0.3) is 0 Å². The summed E-state index contributed by atoms with van der Waals surface area (Å²) in [7, 11) is 2.06. The van der Waals surface area contributed by atoms with Crippen molar-refractivity contribution in [3.63, 3.8) is 0 Å². The Balaban J connectivity index is 1.84. The first-order valence-electron chi connectivity index (χ1n) is 6.55. The summed E-state index contributed by atoms with van der Waals surface area (Å²) < 4.78 is 0. The molecule has 1 atom stereocenters. The molecule has 0 saturated carbocycles. The fraction of sp³-hybridized carbons (Fsp3) is 0.846. The van der Waals surface area contributed by atoms with Crippen molar-refractivity contribution in [3.8, 4) is 0 Å². The van der Waals surface area contributed by atoms with Gasteiger partial charge in [0.15, 0.2) is 0 Å². The van der Waals surface area contributed by atoms with Crippen LogP contribution in [0.1, 0.15) is 26.2 Å². The van der Waals surface area contributed by atoms with E-state index in [2.05, 4.69) is 11.9 Å². The summed E-state index contributed by atoms with van der Waals surface area (Å²) in [5, 5.41) is 0. The first-order valence-corrected chi connectivity index (χ1v) is 6.55. The predicted octanol–water partition coefficient (Wildman–Crippen LogP) is 0.766. The van der Waals surface area contributed by atoms with Crippen molar-refractivity contribution in [1.29, 1.82) is 0 Å². The SMILES string of the molecule is CC(=O)C1CCN(C(=O)C2CCN(C)C2)CC1. The maximum atomic E-state index is 12.2. The van der Waals surface area contributed by atoms with E-state index in [4.69, 9.17) is 0 Å². The fourth-order valence-electron chi connectivity index (χ4n) is 2.90. The zero-order valence-electron chi connectivity index (χ0n) is 10.8. The Morgan fingerprint density at radius 2 is 1.59 bits per heavy atom. The molecule has 0 aromatic carbocycles. The molecule has 2 heterocycles. The molecule has 4 heteroatoms. The van der Waals surface area contributed by atoms with Crippen molar-refractivity contribution in [2.45, 2.75) is 26.2 Å². The van der Waals surface area contributed by atoms with Crippen molar-refractivity contribution in [1.82, 2.24) is 9.80 Å². The van der Waals surface area contributed by atoms with Gasteiger partial charge in [0.2, 0.25) is 5.91 Å². The van der Waals surface area contributed by atoms with Crippen LogP contribution in [0, 0.1) is 11.8 Å². The van der Waals surface area contributed by atoms with E-state index < -0.39 is 0 Å². The topological polar surface area (TPSA) is 40.6 Å². The van der Waals surface area contributed by atoms with Gasteiger partial charge in [-0.15, -0.1) is 0 Å². The molecule has 17 heavy (non-hydrogen) atoms. The lowest BCUT2D eigenvalue weighted by Crippen LogP contribution is -2.43. The fourth-order valence-corrected chi connectivity index (χ4v) is 2.90. The molecule has 0 spiro atoms. The average molecular weight is 238 g/mol. The van der Waals surface area contributed by atoms with Gasteiger partial charge >= 0.3 is 0 Å². The second-order valence-electron chi connectivity index (χ2n) is 5.46. The molecule has 0 aromatic heterocycles. The number of likely N-dealkylation sites (tertiary alicyclic amines) is 2. The number of carbonyl (C=O) groups is 2. The van der Waals surface area contributed by atoms with E-state index >= 15 is 0 Å². The van der Waals surface area contributed by atoms with Crippen molar-refractivity contribution in [2.24, 2.45) is 11.8 Å². The van der Waals surface area contributed by atoms with E-state index in [0.29, 0.717) is 5.91 Å². The van der Waals surface area contributed by atoms with Crippen LogP contribution in [0.4, 0.5) is 0 Å². The molecule has 2 aliphatic heterocycles. The normalized spacial score (nSPS) is 27.4. The first kappa shape index (κ1) is 12.6. The number of hydrogen-bond donors (Lipinski definition) is 0. The van der Waals surface area contributed by atoms with Gasteiger partial charge in [0, 0.05) is 25.6 Å². The summed E-state index contributed by atoms with van der Waals surface area (Å²) in [4.78, 5) is 27.7. The second-order valence-corrected chi connectivity index (χ2v) is 5.46. The molecule has 0 aromatic rings. The number of ketones is 1. The summed E-state index contributed by atoms with van der Waals surface area (Å²) in [5.41, 5.74) is 0. The molecule has 2 rings (SSSR count). The van der Waals surface area contributed by atoms with E-state index in [-0.39, 0.29) is 17.6 Å². The standard InChI is InChI=1S/C13H22N2O2/c1-10(16)11-4-7-15(8-5-11)13(17)12-3-6-14(2)9-12/h11-12H,3-9H2,1-2H3. The van der Waals surface area contributed by atoms with Crippen molar-refractivity contribution < 1.29 is 9.59 Å². The molecule has 4 nitrogen and oxygen atoms in total. The third kappa shape index (κ3) is 2.86. The first-order chi connectivity index (χ1) is 8.08. The van der Waals surface area contributed by atoms with E-state index in [0.717, 1.165) is 45.4 Å². The van der Waals surface area contributed by atoms with Crippen LogP contribution in [-0.4, -0.2) is 54.7 Å². The van der Waals surface area contributed by atoms with Crippen LogP contribution in [0.15, 0.2) is 0 Å². The molecule has 1 unspecified atom stereocenters. The quantitative estimate of drug-likeness (QED) is 0.713. The van der Waals surface area contributed by atoms with Crippen molar-refractivity contribution in [2.75, 3.05) is 33.2 Å².